The van der Waals surface area contributed by atoms with Gasteiger partial charge < -0.3 is 14.2 Å². The number of hydrogen-bond donors (Lipinski definition) is 1. The summed E-state index contributed by atoms with van der Waals surface area (Å²) in [5, 5.41) is 0. The van der Waals surface area contributed by atoms with Gasteiger partial charge in [-0.2, -0.15) is 0 Å². The molecule has 1 rings (SSSR count). The molecule has 0 aliphatic heterocycles. The van der Waals surface area contributed by atoms with Gasteiger partial charge in [-0.25, -0.2) is 0 Å². The largest absolute Gasteiger partial charge is 0.469 e. The lowest BCUT2D eigenvalue weighted by molar-refractivity contribution is 0.412. The zero-order chi connectivity index (χ0) is 10.6. The Morgan fingerprint density at radius 1 is 1.57 bits per heavy atom. The molecular weight excluding hydrogens is 201 g/mol. The van der Waals surface area contributed by atoms with Gasteiger partial charge in [-0.05, 0) is 26.2 Å². The molecule has 5 heteroatoms. The highest BCUT2D eigenvalue weighted by Crippen LogP contribution is 2.40. The second-order valence-corrected chi connectivity index (χ2v) is 6.04. The van der Waals surface area contributed by atoms with Gasteiger partial charge in [0.05, 0.1) is 12.5 Å². The summed E-state index contributed by atoms with van der Waals surface area (Å²) in [4.78, 5) is 11.3. The van der Waals surface area contributed by atoms with Crippen molar-refractivity contribution in [1.29, 1.82) is 0 Å². The van der Waals surface area contributed by atoms with E-state index in [-0.39, 0.29) is 12.4 Å². The molecule has 1 N–H and O–H groups in total. The van der Waals surface area contributed by atoms with Crippen molar-refractivity contribution in [3.05, 3.63) is 24.2 Å². The standard InChI is InChI=1S/C9H16NO3P/c1-10(2)8-14(11,12)7-5-9-4-3-6-13-9/h3-4,6H,5,7-8H2,1-2H3,(H,11,12). The quantitative estimate of drug-likeness (QED) is 0.761. The number of furan rings is 1. The van der Waals surface area contributed by atoms with Crippen LogP contribution in [0.2, 0.25) is 0 Å². The van der Waals surface area contributed by atoms with E-state index in [0.717, 1.165) is 5.76 Å². The molecule has 0 aliphatic rings. The predicted octanol–water partition coefficient (Wildman–Crippen LogP) is 1.61. The van der Waals surface area contributed by atoms with E-state index in [4.69, 9.17) is 4.42 Å². The first-order chi connectivity index (χ1) is 6.49. The number of aryl methyl sites for hydroxylation is 1. The first kappa shape index (κ1) is 11.5. The smallest absolute Gasteiger partial charge is 0.214 e. The van der Waals surface area contributed by atoms with Crippen LogP contribution in [0.1, 0.15) is 5.76 Å². The van der Waals surface area contributed by atoms with Crippen molar-refractivity contribution < 1.29 is 13.9 Å². The van der Waals surface area contributed by atoms with Crippen LogP contribution in [0.5, 0.6) is 0 Å². The monoisotopic (exact) mass is 217 g/mol. The van der Waals surface area contributed by atoms with Gasteiger partial charge >= 0.3 is 0 Å². The van der Waals surface area contributed by atoms with Crippen molar-refractivity contribution in [3.8, 4) is 0 Å². The summed E-state index contributed by atoms with van der Waals surface area (Å²) in [6.45, 7) is 0. The molecule has 0 amide bonds. The van der Waals surface area contributed by atoms with E-state index in [0.29, 0.717) is 6.42 Å². The molecule has 1 atom stereocenters. The van der Waals surface area contributed by atoms with Gasteiger partial charge in [0.1, 0.15) is 5.76 Å². The summed E-state index contributed by atoms with van der Waals surface area (Å²) in [5.41, 5.74) is 0. The first-order valence-corrected chi connectivity index (χ1v) is 6.50. The number of nitrogens with zero attached hydrogens (tertiary/aromatic N) is 1. The van der Waals surface area contributed by atoms with E-state index in [1.54, 1.807) is 31.3 Å². The Labute approximate surface area is 84.0 Å². The molecule has 1 heterocycles. The first-order valence-electron chi connectivity index (χ1n) is 4.47. The molecule has 0 radical (unpaired) electrons. The summed E-state index contributed by atoms with van der Waals surface area (Å²) in [6.07, 6.45) is 2.60. The molecule has 4 nitrogen and oxygen atoms in total. The molecule has 0 aliphatic carbocycles. The molecule has 1 unspecified atom stereocenters. The summed E-state index contributed by atoms with van der Waals surface area (Å²) in [7, 11) is 0.551. The molecule has 14 heavy (non-hydrogen) atoms. The van der Waals surface area contributed by atoms with Crippen LogP contribution in [0.25, 0.3) is 0 Å². The second-order valence-electron chi connectivity index (χ2n) is 3.62. The molecule has 1 aromatic heterocycles. The highest BCUT2D eigenvalue weighted by atomic mass is 31.2. The van der Waals surface area contributed by atoms with Crippen LogP contribution in [0.15, 0.2) is 22.8 Å². The molecule has 0 saturated heterocycles. The average molecular weight is 217 g/mol. The molecule has 1 aromatic rings. The zero-order valence-corrected chi connectivity index (χ0v) is 9.41. The van der Waals surface area contributed by atoms with Crippen molar-refractivity contribution in [2.45, 2.75) is 6.42 Å². The predicted molar refractivity (Wildman–Crippen MR) is 55.7 cm³/mol. The van der Waals surface area contributed by atoms with E-state index in [1.165, 1.54) is 0 Å². The fraction of sp³-hybridized carbons (Fsp3) is 0.556. The Hall–Kier alpha value is -0.570. The van der Waals surface area contributed by atoms with Gasteiger partial charge in [0.25, 0.3) is 0 Å². The number of hydrogen-bond acceptors (Lipinski definition) is 3. The normalized spacial score (nSPS) is 15.7. The number of rotatable bonds is 5. The van der Waals surface area contributed by atoms with Crippen molar-refractivity contribution in [1.82, 2.24) is 4.90 Å². The Balaban J connectivity index is 2.40. The molecule has 80 valence electrons. The maximum atomic E-state index is 11.6. The van der Waals surface area contributed by atoms with Crippen LogP contribution in [0, 0.1) is 0 Å². The minimum atomic E-state index is -3.02. The Bertz CT molecular complexity index is 308. The van der Waals surface area contributed by atoms with Crippen LogP contribution < -0.4 is 0 Å². The van der Waals surface area contributed by atoms with E-state index >= 15 is 0 Å². The lowest BCUT2D eigenvalue weighted by Gasteiger charge is -2.15. The van der Waals surface area contributed by atoms with Crippen LogP contribution in [0.4, 0.5) is 0 Å². The van der Waals surface area contributed by atoms with Crippen molar-refractivity contribution >= 4 is 7.37 Å². The molecule has 0 aromatic carbocycles. The van der Waals surface area contributed by atoms with Crippen LogP contribution in [-0.2, 0) is 11.0 Å². The van der Waals surface area contributed by atoms with Gasteiger partial charge in [0.2, 0.25) is 7.37 Å². The van der Waals surface area contributed by atoms with Crippen LogP contribution in [0.3, 0.4) is 0 Å². The Morgan fingerprint density at radius 2 is 2.29 bits per heavy atom. The SMILES string of the molecule is CN(C)CP(=O)(O)CCc1ccco1. The molecule has 0 bridgehead atoms. The van der Waals surface area contributed by atoms with Crippen molar-refractivity contribution in [2.24, 2.45) is 0 Å². The molecule has 0 fully saturated rings. The highest BCUT2D eigenvalue weighted by molar-refractivity contribution is 7.57. The maximum absolute atomic E-state index is 11.6. The minimum absolute atomic E-state index is 0.230. The minimum Gasteiger partial charge on any atom is -0.469 e. The summed E-state index contributed by atoms with van der Waals surface area (Å²) in [6, 6.07) is 3.60. The lowest BCUT2D eigenvalue weighted by atomic mass is 10.4. The van der Waals surface area contributed by atoms with Gasteiger partial charge in [-0.1, -0.05) is 0 Å². The van der Waals surface area contributed by atoms with Gasteiger partial charge in [-0.15, -0.1) is 0 Å². The Morgan fingerprint density at radius 3 is 2.79 bits per heavy atom. The summed E-state index contributed by atoms with van der Waals surface area (Å²) >= 11 is 0. The summed E-state index contributed by atoms with van der Waals surface area (Å²) in [5.74, 6) is 0.762. The highest BCUT2D eigenvalue weighted by Gasteiger charge is 2.19. The Kier molecular flexibility index (Phi) is 3.93. The third-order valence-corrected chi connectivity index (χ3v) is 3.72. The van der Waals surface area contributed by atoms with Crippen molar-refractivity contribution in [2.75, 3.05) is 26.5 Å². The van der Waals surface area contributed by atoms with Crippen molar-refractivity contribution in [3.63, 3.8) is 0 Å². The summed E-state index contributed by atoms with van der Waals surface area (Å²) < 4.78 is 16.7. The van der Waals surface area contributed by atoms with E-state index in [9.17, 15) is 9.46 Å². The second kappa shape index (κ2) is 4.78. The third kappa shape index (κ3) is 4.09. The topological polar surface area (TPSA) is 53.7 Å². The molecule has 0 spiro atoms. The van der Waals surface area contributed by atoms with Crippen LogP contribution in [-0.4, -0.2) is 36.3 Å². The van der Waals surface area contributed by atoms with E-state index < -0.39 is 7.37 Å². The van der Waals surface area contributed by atoms with Gasteiger partial charge in [-0.3, -0.25) is 4.57 Å². The van der Waals surface area contributed by atoms with Gasteiger partial charge in [0, 0.05) is 12.6 Å². The molecule has 0 saturated carbocycles. The maximum Gasteiger partial charge on any atom is 0.214 e. The lowest BCUT2D eigenvalue weighted by Crippen LogP contribution is -2.15. The molecular formula is C9H16NO3P. The fourth-order valence-electron chi connectivity index (χ4n) is 1.25. The van der Waals surface area contributed by atoms with E-state index in [1.807, 2.05) is 6.07 Å². The average Bonchev–Trinajstić information content (AvgIpc) is 2.50. The fourth-order valence-corrected chi connectivity index (χ4v) is 2.85. The third-order valence-electron chi connectivity index (χ3n) is 1.79. The van der Waals surface area contributed by atoms with Crippen LogP contribution >= 0.6 is 7.37 Å². The zero-order valence-electron chi connectivity index (χ0n) is 8.51. The van der Waals surface area contributed by atoms with E-state index in [2.05, 4.69) is 0 Å². The van der Waals surface area contributed by atoms with Gasteiger partial charge in [0.15, 0.2) is 0 Å².